The Morgan fingerprint density at radius 2 is 1.72 bits per heavy atom. The number of fused-ring (bicyclic) bond motifs is 2. The minimum absolute atomic E-state index is 0.0465. The predicted molar refractivity (Wildman–Crippen MR) is 145 cm³/mol. The Morgan fingerprint density at radius 1 is 1.05 bits per heavy atom. The van der Waals surface area contributed by atoms with Gasteiger partial charge in [0.1, 0.15) is 5.60 Å². The highest BCUT2D eigenvalue weighted by Gasteiger charge is 2.62. The smallest absolute Gasteiger partial charge is 0.419 e. The number of para-hydroxylation sites is 1. The highest BCUT2D eigenvalue weighted by atomic mass is 16.6. The molecule has 8 nitrogen and oxygen atoms in total. The summed E-state index contributed by atoms with van der Waals surface area (Å²) in [6.07, 6.45) is 0.724. The van der Waals surface area contributed by atoms with Crippen molar-refractivity contribution in [2.45, 2.75) is 38.3 Å². The molecule has 0 spiro atoms. The number of likely N-dealkylation sites (tertiary alicyclic amines) is 1. The van der Waals surface area contributed by atoms with Gasteiger partial charge in [-0.1, -0.05) is 43.0 Å². The third kappa shape index (κ3) is 4.26. The standard InChI is InChI=1S/C31H30N2O6/c1-19-25(34)16-22-18-32(27(35)20-11-7-6-8-12-20)31(26(19)22,28(36)38-5)17-23-15-21-13-9-10-14-24(21)33(23)29(37)39-30(2,3)4/h6-16,26H,1,17-18H2,2-5H3/t26-,31-/m1/s1. The zero-order valence-corrected chi connectivity index (χ0v) is 22.4. The van der Waals surface area contributed by atoms with Gasteiger partial charge in [-0.05, 0) is 56.7 Å². The fourth-order valence-electron chi connectivity index (χ4n) is 5.73. The third-order valence-electron chi connectivity index (χ3n) is 7.27. The van der Waals surface area contributed by atoms with Crippen LogP contribution in [0.3, 0.4) is 0 Å². The molecule has 1 fully saturated rings. The lowest BCUT2D eigenvalue weighted by Crippen LogP contribution is -2.59. The van der Waals surface area contributed by atoms with Gasteiger partial charge in [0.15, 0.2) is 11.3 Å². The number of amides is 1. The van der Waals surface area contributed by atoms with E-state index >= 15 is 0 Å². The average Bonchev–Trinajstić information content (AvgIpc) is 3.51. The average molecular weight is 527 g/mol. The van der Waals surface area contributed by atoms with Crippen molar-refractivity contribution in [2.75, 3.05) is 13.7 Å². The van der Waals surface area contributed by atoms with E-state index in [-0.39, 0.29) is 24.3 Å². The summed E-state index contributed by atoms with van der Waals surface area (Å²) < 4.78 is 12.5. The number of aromatic nitrogens is 1. The SMILES string of the molecule is C=C1C(=O)C=C2CN(C(=O)c3ccccc3)[C@@](Cc3cc4ccccc4n3C(=O)OC(C)(C)C)(C(=O)OC)[C@H]12. The molecule has 0 N–H and O–H groups in total. The van der Waals surface area contributed by atoms with Gasteiger partial charge in [-0.3, -0.25) is 9.59 Å². The minimum atomic E-state index is -1.66. The van der Waals surface area contributed by atoms with E-state index in [4.69, 9.17) is 9.47 Å². The second-order valence-corrected chi connectivity index (χ2v) is 10.9. The van der Waals surface area contributed by atoms with Crippen LogP contribution in [0.2, 0.25) is 0 Å². The summed E-state index contributed by atoms with van der Waals surface area (Å²) in [5.74, 6) is -2.17. The first kappa shape index (κ1) is 26.2. The largest absolute Gasteiger partial charge is 0.467 e. The molecule has 2 aliphatic rings. The molecule has 1 amide bonds. The first-order valence-electron chi connectivity index (χ1n) is 12.7. The molecule has 8 heteroatoms. The van der Waals surface area contributed by atoms with Gasteiger partial charge in [-0.25, -0.2) is 14.2 Å². The van der Waals surface area contributed by atoms with Crippen LogP contribution in [0.4, 0.5) is 4.79 Å². The van der Waals surface area contributed by atoms with Crippen molar-refractivity contribution in [2.24, 2.45) is 5.92 Å². The summed E-state index contributed by atoms with van der Waals surface area (Å²) >= 11 is 0. The number of methoxy groups -OCH3 is 1. The van der Waals surface area contributed by atoms with Gasteiger partial charge in [0, 0.05) is 41.1 Å². The lowest BCUT2D eigenvalue weighted by atomic mass is 9.76. The van der Waals surface area contributed by atoms with Crippen LogP contribution < -0.4 is 0 Å². The van der Waals surface area contributed by atoms with Crippen molar-refractivity contribution >= 4 is 34.7 Å². The number of benzene rings is 2. The first-order chi connectivity index (χ1) is 18.5. The van der Waals surface area contributed by atoms with Crippen LogP contribution in [-0.4, -0.2) is 58.0 Å². The van der Waals surface area contributed by atoms with Crippen molar-refractivity contribution in [3.05, 3.63) is 95.7 Å². The summed E-state index contributed by atoms with van der Waals surface area (Å²) in [6.45, 7) is 9.36. The maximum absolute atomic E-state index is 13.9. The lowest BCUT2D eigenvalue weighted by Gasteiger charge is -2.39. The molecule has 0 radical (unpaired) electrons. The van der Waals surface area contributed by atoms with Gasteiger partial charge >= 0.3 is 12.1 Å². The van der Waals surface area contributed by atoms with E-state index < -0.39 is 35.0 Å². The molecule has 2 atom stereocenters. The third-order valence-corrected chi connectivity index (χ3v) is 7.27. The fraction of sp³-hybridized carbons (Fsp3) is 0.290. The van der Waals surface area contributed by atoms with Crippen LogP contribution in [0.15, 0.2) is 84.5 Å². The van der Waals surface area contributed by atoms with E-state index in [2.05, 4.69) is 6.58 Å². The summed E-state index contributed by atoms with van der Waals surface area (Å²) in [6, 6.07) is 17.7. The van der Waals surface area contributed by atoms with Crippen LogP contribution in [0.25, 0.3) is 10.9 Å². The summed E-state index contributed by atoms with van der Waals surface area (Å²) in [7, 11) is 1.25. The molecule has 1 saturated heterocycles. The highest BCUT2D eigenvalue weighted by molar-refractivity contribution is 6.11. The molecule has 0 saturated carbocycles. The second kappa shape index (κ2) is 9.38. The van der Waals surface area contributed by atoms with Crippen LogP contribution in [0.5, 0.6) is 0 Å². The van der Waals surface area contributed by atoms with Gasteiger partial charge in [0.2, 0.25) is 0 Å². The van der Waals surface area contributed by atoms with E-state index in [1.54, 1.807) is 63.2 Å². The number of ketones is 1. The Hall–Kier alpha value is -4.46. The number of allylic oxidation sites excluding steroid dienone is 1. The molecule has 200 valence electrons. The number of ether oxygens (including phenoxy) is 2. The Labute approximate surface area is 226 Å². The van der Waals surface area contributed by atoms with Gasteiger partial charge in [0.25, 0.3) is 5.91 Å². The van der Waals surface area contributed by atoms with E-state index in [0.29, 0.717) is 22.3 Å². The Bertz CT molecular complexity index is 1560. The normalized spacial score (nSPS) is 20.7. The molecule has 1 aliphatic heterocycles. The van der Waals surface area contributed by atoms with E-state index in [0.717, 1.165) is 5.39 Å². The zero-order valence-electron chi connectivity index (χ0n) is 22.4. The number of nitrogens with zero attached hydrogens (tertiary/aromatic N) is 2. The van der Waals surface area contributed by atoms with Crippen LogP contribution in [0, 0.1) is 5.92 Å². The van der Waals surface area contributed by atoms with Crippen molar-refractivity contribution in [3.8, 4) is 0 Å². The van der Waals surface area contributed by atoms with Gasteiger partial charge in [0.05, 0.1) is 12.6 Å². The molecule has 0 bridgehead atoms. The maximum Gasteiger partial charge on any atom is 0.419 e. The van der Waals surface area contributed by atoms with E-state index in [9.17, 15) is 19.2 Å². The molecule has 0 unspecified atom stereocenters. The molecule has 39 heavy (non-hydrogen) atoms. The Kier molecular flexibility index (Phi) is 6.29. The first-order valence-corrected chi connectivity index (χ1v) is 12.7. The molecule has 1 aromatic heterocycles. The van der Waals surface area contributed by atoms with Crippen molar-refractivity contribution in [1.29, 1.82) is 0 Å². The summed E-state index contributed by atoms with van der Waals surface area (Å²) in [5.41, 5.74) is -0.197. The number of hydrogen-bond donors (Lipinski definition) is 0. The Morgan fingerprint density at radius 3 is 2.38 bits per heavy atom. The summed E-state index contributed by atoms with van der Waals surface area (Å²) in [4.78, 5) is 55.6. The topological polar surface area (TPSA) is 94.9 Å². The van der Waals surface area contributed by atoms with Crippen LogP contribution in [-0.2, 0) is 25.5 Å². The van der Waals surface area contributed by atoms with Gasteiger partial charge in [-0.15, -0.1) is 0 Å². The zero-order chi connectivity index (χ0) is 28.1. The maximum atomic E-state index is 13.9. The Balaban J connectivity index is 1.73. The summed E-state index contributed by atoms with van der Waals surface area (Å²) in [5, 5.41) is 0.759. The van der Waals surface area contributed by atoms with E-state index in [1.165, 1.54) is 22.7 Å². The minimum Gasteiger partial charge on any atom is -0.467 e. The van der Waals surface area contributed by atoms with E-state index in [1.807, 2.05) is 18.2 Å². The fourth-order valence-corrected chi connectivity index (χ4v) is 5.73. The number of carbonyl (C=O) groups excluding carboxylic acids is 4. The van der Waals surface area contributed by atoms with Crippen molar-refractivity contribution in [1.82, 2.24) is 9.47 Å². The molecule has 2 heterocycles. The number of esters is 1. The quantitative estimate of drug-likeness (QED) is 0.361. The highest BCUT2D eigenvalue weighted by Crippen LogP contribution is 2.49. The monoisotopic (exact) mass is 526 g/mol. The number of rotatable bonds is 4. The van der Waals surface area contributed by atoms with Crippen LogP contribution in [0.1, 0.15) is 36.8 Å². The predicted octanol–water partition coefficient (Wildman–Crippen LogP) is 4.72. The van der Waals surface area contributed by atoms with Crippen molar-refractivity contribution < 1.29 is 28.7 Å². The number of carbonyl (C=O) groups is 4. The van der Waals surface area contributed by atoms with Gasteiger partial charge < -0.3 is 14.4 Å². The second-order valence-electron chi connectivity index (χ2n) is 10.9. The van der Waals surface area contributed by atoms with Gasteiger partial charge in [-0.2, -0.15) is 0 Å². The molecule has 1 aliphatic carbocycles. The van der Waals surface area contributed by atoms with Crippen molar-refractivity contribution in [3.63, 3.8) is 0 Å². The molecule has 5 rings (SSSR count). The lowest BCUT2D eigenvalue weighted by molar-refractivity contribution is -0.153. The number of hydrogen-bond acceptors (Lipinski definition) is 6. The molecular formula is C31H30N2O6. The molecular weight excluding hydrogens is 496 g/mol. The van der Waals surface area contributed by atoms with Crippen LogP contribution >= 0.6 is 0 Å². The molecule has 2 aromatic carbocycles. The molecule has 3 aromatic rings.